The van der Waals surface area contributed by atoms with E-state index in [4.69, 9.17) is 5.26 Å². The van der Waals surface area contributed by atoms with Crippen molar-refractivity contribution in [2.75, 3.05) is 0 Å². The van der Waals surface area contributed by atoms with E-state index in [9.17, 15) is 4.39 Å². The molecular formula is C13H10FN. The number of hydrogen-bond acceptors (Lipinski definition) is 1. The van der Waals surface area contributed by atoms with Gasteiger partial charge in [-0.15, -0.1) is 0 Å². The third kappa shape index (κ3) is 1.46. The minimum absolute atomic E-state index is 0.268. The second-order valence-corrected chi connectivity index (χ2v) is 3.69. The van der Waals surface area contributed by atoms with Gasteiger partial charge < -0.3 is 0 Å². The van der Waals surface area contributed by atoms with E-state index < -0.39 is 0 Å². The van der Waals surface area contributed by atoms with Gasteiger partial charge in [0.15, 0.2) is 0 Å². The summed E-state index contributed by atoms with van der Waals surface area (Å²) < 4.78 is 13.6. The van der Waals surface area contributed by atoms with E-state index in [0.29, 0.717) is 10.9 Å². The third-order valence-corrected chi connectivity index (χ3v) is 2.60. The Morgan fingerprint density at radius 2 is 1.87 bits per heavy atom. The first-order chi connectivity index (χ1) is 7.13. The summed E-state index contributed by atoms with van der Waals surface area (Å²) in [6.45, 7) is 3.84. The fourth-order valence-corrected chi connectivity index (χ4v) is 1.93. The lowest BCUT2D eigenvalue weighted by atomic mass is 9.98. The van der Waals surface area contributed by atoms with Gasteiger partial charge in [-0.05, 0) is 48.6 Å². The zero-order valence-electron chi connectivity index (χ0n) is 8.63. The Hall–Kier alpha value is -1.88. The molecular weight excluding hydrogens is 189 g/mol. The van der Waals surface area contributed by atoms with Crippen LogP contribution in [0, 0.1) is 31.0 Å². The highest BCUT2D eigenvalue weighted by Crippen LogP contribution is 2.26. The molecule has 74 valence electrons. The van der Waals surface area contributed by atoms with E-state index in [0.717, 1.165) is 16.5 Å². The molecule has 0 bridgehead atoms. The topological polar surface area (TPSA) is 23.8 Å². The molecule has 0 amide bonds. The van der Waals surface area contributed by atoms with E-state index in [1.807, 2.05) is 19.9 Å². The van der Waals surface area contributed by atoms with Crippen LogP contribution in [0.2, 0.25) is 0 Å². The maximum absolute atomic E-state index is 13.6. The van der Waals surface area contributed by atoms with E-state index in [1.54, 1.807) is 18.2 Å². The van der Waals surface area contributed by atoms with Crippen LogP contribution in [0.1, 0.15) is 16.7 Å². The number of rotatable bonds is 0. The van der Waals surface area contributed by atoms with E-state index >= 15 is 0 Å². The van der Waals surface area contributed by atoms with Crippen LogP contribution >= 0.6 is 0 Å². The minimum atomic E-state index is -0.268. The second kappa shape index (κ2) is 3.36. The molecule has 2 rings (SSSR count). The van der Waals surface area contributed by atoms with Crippen molar-refractivity contribution in [3.63, 3.8) is 0 Å². The van der Waals surface area contributed by atoms with Gasteiger partial charge in [-0.25, -0.2) is 4.39 Å². The van der Waals surface area contributed by atoms with Crippen LogP contribution in [-0.2, 0) is 0 Å². The van der Waals surface area contributed by atoms with Crippen molar-refractivity contribution in [2.45, 2.75) is 13.8 Å². The zero-order valence-corrected chi connectivity index (χ0v) is 8.63. The summed E-state index contributed by atoms with van der Waals surface area (Å²) in [5.41, 5.74) is 2.49. The fraction of sp³-hybridized carbons (Fsp3) is 0.154. The molecule has 0 aliphatic rings. The highest BCUT2D eigenvalue weighted by molar-refractivity contribution is 5.90. The van der Waals surface area contributed by atoms with Crippen molar-refractivity contribution in [3.05, 3.63) is 46.8 Å². The second-order valence-electron chi connectivity index (χ2n) is 3.69. The molecule has 0 N–H and O–H groups in total. The summed E-state index contributed by atoms with van der Waals surface area (Å²) in [7, 11) is 0. The van der Waals surface area contributed by atoms with Gasteiger partial charge in [-0.1, -0.05) is 6.07 Å². The number of halogens is 1. The average Bonchev–Trinajstić information content (AvgIpc) is 2.23. The first-order valence-corrected chi connectivity index (χ1v) is 4.73. The zero-order chi connectivity index (χ0) is 11.0. The SMILES string of the molecule is Cc1ccc(F)c2cc(C#N)cc(C)c12. The van der Waals surface area contributed by atoms with Gasteiger partial charge in [-0.3, -0.25) is 0 Å². The Morgan fingerprint density at radius 3 is 2.53 bits per heavy atom. The van der Waals surface area contributed by atoms with Gasteiger partial charge >= 0.3 is 0 Å². The van der Waals surface area contributed by atoms with Crippen molar-refractivity contribution >= 4 is 10.8 Å². The molecule has 0 saturated carbocycles. The molecule has 0 fully saturated rings. The highest BCUT2D eigenvalue weighted by Gasteiger charge is 2.07. The predicted molar refractivity (Wildman–Crippen MR) is 58.1 cm³/mol. The monoisotopic (exact) mass is 199 g/mol. The van der Waals surface area contributed by atoms with Crippen molar-refractivity contribution in [3.8, 4) is 6.07 Å². The van der Waals surface area contributed by atoms with Crippen LogP contribution in [0.4, 0.5) is 4.39 Å². The van der Waals surface area contributed by atoms with Crippen LogP contribution in [-0.4, -0.2) is 0 Å². The van der Waals surface area contributed by atoms with E-state index in [2.05, 4.69) is 0 Å². The summed E-state index contributed by atoms with van der Waals surface area (Å²) in [6.07, 6.45) is 0. The van der Waals surface area contributed by atoms with Crippen LogP contribution in [0.3, 0.4) is 0 Å². The molecule has 0 aliphatic carbocycles. The predicted octanol–water partition coefficient (Wildman–Crippen LogP) is 3.47. The number of nitriles is 1. The lowest BCUT2D eigenvalue weighted by Crippen LogP contribution is -1.89. The highest BCUT2D eigenvalue weighted by atomic mass is 19.1. The van der Waals surface area contributed by atoms with Gasteiger partial charge in [0.25, 0.3) is 0 Å². The Morgan fingerprint density at radius 1 is 1.13 bits per heavy atom. The molecule has 2 aromatic rings. The van der Waals surface area contributed by atoms with Gasteiger partial charge in [-0.2, -0.15) is 5.26 Å². The minimum Gasteiger partial charge on any atom is -0.206 e. The van der Waals surface area contributed by atoms with Crippen LogP contribution < -0.4 is 0 Å². The Bertz CT molecular complexity index is 579. The summed E-state index contributed by atoms with van der Waals surface area (Å²) >= 11 is 0. The Kier molecular flexibility index (Phi) is 2.17. The van der Waals surface area contributed by atoms with Crippen molar-refractivity contribution in [2.24, 2.45) is 0 Å². The molecule has 0 radical (unpaired) electrons. The van der Waals surface area contributed by atoms with Crippen molar-refractivity contribution in [1.82, 2.24) is 0 Å². The lowest BCUT2D eigenvalue weighted by molar-refractivity contribution is 0.639. The fourth-order valence-electron chi connectivity index (χ4n) is 1.93. The molecule has 0 heterocycles. The molecule has 0 atom stereocenters. The third-order valence-electron chi connectivity index (χ3n) is 2.60. The first kappa shape index (κ1) is 9.67. The maximum Gasteiger partial charge on any atom is 0.131 e. The largest absolute Gasteiger partial charge is 0.206 e. The molecule has 0 saturated heterocycles. The Labute approximate surface area is 87.8 Å². The molecule has 2 heteroatoms. The molecule has 0 aromatic heterocycles. The number of aryl methyl sites for hydroxylation is 2. The standard InChI is InChI=1S/C13H10FN/c1-8-3-4-12(14)11-6-10(7-15)5-9(2)13(8)11/h3-6H,1-2H3. The van der Waals surface area contributed by atoms with Gasteiger partial charge in [0.1, 0.15) is 5.82 Å². The van der Waals surface area contributed by atoms with Crippen LogP contribution in [0.15, 0.2) is 24.3 Å². The number of hydrogen-bond donors (Lipinski definition) is 0. The number of fused-ring (bicyclic) bond motifs is 1. The number of benzene rings is 2. The number of nitrogens with zero attached hydrogens (tertiary/aromatic N) is 1. The normalized spacial score (nSPS) is 10.3. The van der Waals surface area contributed by atoms with Gasteiger partial charge in [0.05, 0.1) is 11.6 Å². The lowest BCUT2D eigenvalue weighted by Gasteiger charge is -2.07. The first-order valence-electron chi connectivity index (χ1n) is 4.73. The van der Waals surface area contributed by atoms with Gasteiger partial charge in [0.2, 0.25) is 0 Å². The molecule has 0 aliphatic heterocycles. The molecule has 0 spiro atoms. The quantitative estimate of drug-likeness (QED) is 0.637. The summed E-state index contributed by atoms with van der Waals surface area (Å²) in [5, 5.41) is 10.3. The summed E-state index contributed by atoms with van der Waals surface area (Å²) in [5.74, 6) is -0.268. The molecule has 0 unspecified atom stereocenters. The average molecular weight is 199 g/mol. The van der Waals surface area contributed by atoms with Crippen molar-refractivity contribution < 1.29 is 4.39 Å². The summed E-state index contributed by atoms with van der Waals surface area (Å²) in [6, 6.07) is 8.63. The van der Waals surface area contributed by atoms with Gasteiger partial charge in [0, 0.05) is 5.39 Å². The van der Waals surface area contributed by atoms with E-state index in [1.165, 1.54) is 6.07 Å². The maximum atomic E-state index is 13.6. The summed E-state index contributed by atoms with van der Waals surface area (Å²) in [4.78, 5) is 0. The molecule has 15 heavy (non-hydrogen) atoms. The molecule has 1 nitrogen and oxygen atoms in total. The van der Waals surface area contributed by atoms with Crippen molar-refractivity contribution in [1.29, 1.82) is 5.26 Å². The van der Waals surface area contributed by atoms with E-state index in [-0.39, 0.29) is 5.82 Å². The van der Waals surface area contributed by atoms with Crippen LogP contribution in [0.5, 0.6) is 0 Å². The molecule has 2 aromatic carbocycles. The van der Waals surface area contributed by atoms with Crippen LogP contribution in [0.25, 0.3) is 10.8 Å². The Balaban J connectivity index is 2.98. The smallest absolute Gasteiger partial charge is 0.131 e.